The maximum Gasteiger partial charge on any atom is 0.214 e. The quantitative estimate of drug-likeness (QED) is 0.836. The first-order chi connectivity index (χ1) is 8.60. The van der Waals surface area contributed by atoms with E-state index in [9.17, 15) is 8.42 Å². The van der Waals surface area contributed by atoms with Crippen LogP contribution in [0.2, 0.25) is 0 Å². The Morgan fingerprint density at radius 3 is 2.56 bits per heavy atom. The molecule has 18 heavy (non-hydrogen) atoms. The monoisotopic (exact) mass is 272 g/mol. The zero-order valence-corrected chi connectivity index (χ0v) is 11.8. The number of rotatable bonds is 4. The highest BCUT2D eigenvalue weighted by Crippen LogP contribution is 2.40. The van der Waals surface area contributed by atoms with Crippen LogP contribution in [0.25, 0.3) is 0 Å². The molecule has 0 unspecified atom stereocenters. The van der Waals surface area contributed by atoms with Crippen molar-refractivity contribution in [1.82, 2.24) is 9.62 Å². The highest BCUT2D eigenvalue weighted by molar-refractivity contribution is 7.89. The Balaban J connectivity index is 1.59. The first-order valence-corrected chi connectivity index (χ1v) is 8.89. The molecular formula is C13H24N2O2S. The number of hydrogen-bond acceptors (Lipinski definition) is 3. The average molecular weight is 272 g/mol. The summed E-state index contributed by atoms with van der Waals surface area (Å²) in [6.45, 7) is 3.64. The van der Waals surface area contributed by atoms with Gasteiger partial charge in [-0.25, -0.2) is 12.7 Å². The summed E-state index contributed by atoms with van der Waals surface area (Å²) in [4.78, 5) is 0. The average Bonchev–Trinajstić information content (AvgIpc) is 3.10. The minimum Gasteiger partial charge on any atom is -0.317 e. The predicted octanol–water partition coefficient (Wildman–Crippen LogP) is 1.19. The minimum absolute atomic E-state index is 0.290. The van der Waals surface area contributed by atoms with Gasteiger partial charge in [-0.1, -0.05) is 12.8 Å². The smallest absolute Gasteiger partial charge is 0.214 e. The minimum atomic E-state index is -2.98. The maximum absolute atomic E-state index is 12.3. The second-order valence-electron chi connectivity index (χ2n) is 6.38. The van der Waals surface area contributed by atoms with Crippen LogP contribution in [-0.2, 0) is 10.0 Å². The highest BCUT2D eigenvalue weighted by Gasteiger charge is 2.42. The molecule has 1 saturated carbocycles. The first-order valence-electron chi connectivity index (χ1n) is 7.28. The van der Waals surface area contributed by atoms with Crippen molar-refractivity contribution in [2.45, 2.75) is 38.5 Å². The van der Waals surface area contributed by atoms with Crippen molar-refractivity contribution in [3.63, 3.8) is 0 Å². The first kappa shape index (κ1) is 12.9. The Kier molecular flexibility index (Phi) is 3.41. The summed E-state index contributed by atoms with van der Waals surface area (Å²) < 4.78 is 26.4. The normalized spacial score (nSPS) is 28.9. The van der Waals surface area contributed by atoms with Gasteiger partial charge in [0.25, 0.3) is 0 Å². The van der Waals surface area contributed by atoms with Crippen molar-refractivity contribution in [2.75, 3.05) is 31.9 Å². The molecule has 4 nitrogen and oxygen atoms in total. The number of piperidine rings is 1. The van der Waals surface area contributed by atoms with E-state index < -0.39 is 10.0 Å². The molecule has 1 N–H and O–H groups in total. The van der Waals surface area contributed by atoms with E-state index >= 15 is 0 Å². The van der Waals surface area contributed by atoms with Crippen molar-refractivity contribution in [1.29, 1.82) is 0 Å². The van der Waals surface area contributed by atoms with Gasteiger partial charge in [0.05, 0.1) is 5.75 Å². The summed E-state index contributed by atoms with van der Waals surface area (Å²) in [5.41, 5.74) is 0.290. The molecule has 3 fully saturated rings. The van der Waals surface area contributed by atoms with Gasteiger partial charge in [-0.3, -0.25) is 0 Å². The summed E-state index contributed by atoms with van der Waals surface area (Å²) in [7, 11) is -2.98. The van der Waals surface area contributed by atoms with E-state index in [0.29, 0.717) is 11.7 Å². The summed E-state index contributed by atoms with van der Waals surface area (Å²) in [5, 5.41) is 3.37. The molecule has 3 aliphatic rings. The number of nitrogens with zero attached hydrogens (tertiary/aromatic N) is 1. The molecule has 2 heterocycles. The lowest BCUT2D eigenvalue weighted by atomic mass is 9.78. The molecule has 0 aromatic rings. The predicted molar refractivity (Wildman–Crippen MR) is 71.9 cm³/mol. The second kappa shape index (κ2) is 4.76. The number of nitrogens with one attached hydrogen (secondary N) is 1. The van der Waals surface area contributed by atoms with Gasteiger partial charge in [-0.15, -0.1) is 0 Å². The van der Waals surface area contributed by atoms with Crippen LogP contribution in [0.1, 0.15) is 38.5 Å². The van der Waals surface area contributed by atoms with E-state index in [2.05, 4.69) is 5.32 Å². The van der Waals surface area contributed by atoms with Crippen LogP contribution >= 0.6 is 0 Å². The molecule has 3 rings (SSSR count). The third-order valence-electron chi connectivity index (χ3n) is 4.94. The van der Waals surface area contributed by atoms with Crippen molar-refractivity contribution in [3.05, 3.63) is 0 Å². The van der Waals surface area contributed by atoms with Crippen LogP contribution in [-0.4, -0.2) is 44.7 Å². The molecule has 1 aliphatic carbocycles. The van der Waals surface area contributed by atoms with Crippen LogP contribution in [0, 0.1) is 11.3 Å². The van der Waals surface area contributed by atoms with Gasteiger partial charge < -0.3 is 5.32 Å². The van der Waals surface area contributed by atoms with Gasteiger partial charge in [-0.2, -0.15) is 0 Å². The number of sulfonamides is 1. The van der Waals surface area contributed by atoms with E-state index in [1.165, 1.54) is 12.8 Å². The van der Waals surface area contributed by atoms with E-state index in [1.54, 1.807) is 4.31 Å². The van der Waals surface area contributed by atoms with Crippen LogP contribution in [0.4, 0.5) is 0 Å². The summed E-state index contributed by atoms with van der Waals surface area (Å²) in [5.74, 6) is 1.08. The van der Waals surface area contributed by atoms with E-state index in [1.807, 2.05) is 0 Å². The summed E-state index contributed by atoms with van der Waals surface area (Å²) >= 11 is 0. The Hall–Kier alpha value is -0.130. The lowest BCUT2D eigenvalue weighted by Crippen LogP contribution is -2.40. The molecular weight excluding hydrogens is 248 g/mol. The fourth-order valence-corrected chi connectivity index (χ4v) is 5.08. The molecule has 0 aromatic heterocycles. The lowest BCUT2D eigenvalue weighted by Gasteiger charge is -2.33. The van der Waals surface area contributed by atoms with Crippen LogP contribution in [0.15, 0.2) is 0 Å². The molecule has 0 radical (unpaired) electrons. The molecule has 2 saturated heterocycles. The van der Waals surface area contributed by atoms with Crippen LogP contribution in [0.3, 0.4) is 0 Å². The molecule has 0 bridgehead atoms. The standard InChI is InChI=1S/C13H24N2O2S/c16-18(17,10-3-12-1-2-12)15-9-6-13(11-15)4-7-14-8-5-13/h12,14H,1-11H2. The van der Waals surface area contributed by atoms with Crippen LogP contribution in [0.5, 0.6) is 0 Å². The van der Waals surface area contributed by atoms with Gasteiger partial charge in [0.1, 0.15) is 0 Å². The van der Waals surface area contributed by atoms with Crippen molar-refractivity contribution >= 4 is 10.0 Å². The van der Waals surface area contributed by atoms with Crippen LogP contribution < -0.4 is 5.32 Å². The van der Waals surface area contributed by atoms with Gasteiger partial charge in [-0.05, 0) is 50.1 Å². The Morgan fingerprint density at radius 1 is 1.17 bits per heavy atom. The molecule has 2 aliphatic heterocycles. The molecule has 104 valence electrons. The van der Waals surface area contributed by atoms with E-state index in [-0.39, 0.29) is 5.41 Å². The summed E-state index contributed by atoms with van der Waals surface area (Å²) in [6, 6.07) is 0. The third-order valence-corrected chi connectivity index (χ3v) is 6.79. The number of hydrogen-bond donors (Lipinski definition) is 1. The van der Waals surface area contributed by atoms with Crippen molar-refractivity contribution < 1.29 is 8.42 Å². The van der Waals surface area contributed by atoms with E-state index in [0.717, 1.165) is 51.9 Å². The molecule has 0 aromatic carbocycles. The lowest BCUT2D eigenvalue weighted by molar-refractivity contribution is 0.218. The topological polar surface area (TPSA) is 49.4 Å². The van der Waals surface area contributed by atoms with Gasteiger partial charge in [0.2, 0.25) is 10.0 Å². The van der Waals surface area contributed by atoms with Gasteiger partial charge in [0.15, 0.2) is 0 Å². The van der Waals surface area contributed by atoms with Crippen molar-refractivity contribution in [3.8, 4) is 0 Å². The summed E-state index contributed by atoms with van der Waals surface area (Å²) in [6.07, 6.45) is 6.71. The zero-order valence-electron chi connectivity index (χ0n) is 11.0. The van der Waals surface area contributed by atoms with Crippen molar-refractivity contribution in [2.24, 2.45) is 11.3 Å². The fraction of sp³-hybridized carbons (Fsp3) is 1.00. The van der Waals surface area contributed by atoms with Gasteiger partial charge in [0, 0.05) is 13.1 Å². The van der Waals surface area contributed by atoms with Gasteiger partial charge >= 0.3 is 0 Å². The molecule has 0 amide bonds. The highest BCUT2D eigenvalue weighted by atomic mass is 32.2. The zero-order chi connectivity index (χ0) is 12.6. The Labute approximate surface area is 110 Å². The Bertz CT molecular complexity index is 397. The molecule has 0 atom stereocenters. The maximum atomic E-state index is 12.3. The second-order valence-corrected chi connectivity index (χ2v) is 8.47. The van der Waals surface area contributed by atoms with E-state index in [4.69, 9.17) is 0 Å². The SMILES string of the molecule is O=S(=O)(CCC1CC1)N1CCC2(CCNCC2)C1. The Morgan fingerprint density at radius 2 is 1.89 bits per heavy atom. The molecule has 1 spiro atoms. The fourth-order valence-electron chi connectivity index (χ4n) is 3.35. The molecule has 5 heteroatoms. The largest absolute Gasteiger partial charge is 0.317 e. The third kappa shape index (κ3) is 2.73.